The minimum absolute atomic E-state index is 0.0593. The van der Waals surface area contributed by atoms with Gasteiger partial charge in [-0.25, -0.2) is 0 Å². The van der Waals surface area contributed by atoms with E-state index in [9.17, 15) is 9.59 Å². The second-order valence-corrected chi connectivity index (χ2v) is 5.64. The van der Waals surface area contributed by atoms with Gasteiger partial charge in [0.2, 0.25) is 11.8 Å². The summed E-state index contributed by atoms with van der Waals surface area (Å²) >= 11 is 6.15. The molecule has 0 bridgehead atoms. The summed E-state index contributed by atoms with van der Waals surface area (Å²) in [4.78, 5) is 26.1. The van der Waals surface area contributed by atoms with Gasteiger partial charge in [-0.3, -0.25) is 14.5 Å². The number of carbonyl (C=O) groups is 2. The number of hydrogen-bond donors (Lipinski definition) is 1. The van der Waals surface area contributed by atoms with Crippen LogP contribution in [0.1, 0.15) is 17.0 Å². The lowest BCUT2D eigenvalue weighted by atomic mass is 9.92. The van der Waals surface area contributed by atoms with Crippen LogP contribution in [-0.2, 0) is 9.59 Å². The van der Waals surface area contributed by atoms with Crippen molar-refractivity contribution in [3.8, 4) is 0 Å². The minimum atomic E-state index is -0.397. The van der Waals surface area contributed by atoms with E-state index in [1.807, 2.05) is 36.4 Å². The molecular weight excluding hydrogens is 288 g/mol. The average molecular weight is 299 g/mol. The van der Waals surface area contributed by atoms with Gasteiger partial charge in [-0.05, 0) is 23.3 Å². The van der Waals surface area contributed by atoms with Crippen molar-refractivity contribution in [3.63, 3.8) is 0 Å². The second-order valence-electron chi connectivity index (χ2n) is 5.21. The monoisotopic (exact) mass is 298 g/mol. The van der Waals surface area contributed by atoms with Gasteiger partial charge in [-0.1, -0.05) is 41.9 Å². The summed E-state index contributed by atoms with van der Waals surface area (Å²) < 4.78 is 0. The normalized spacial score (nSPS) is 19.5. The van der Waals surface area contributed by atoms with Crippen LogP contribution < -0.4 is 10.2 Å². The summed E-state index contributed by atoms with van der Waals surface area (Å²) in [5, 5.41) is 3.30. The van der Waals surface area contributed by atoms with E-state index in [2.05, 4.69) is 5.32 Å². The lowest BCUT2D eigenvalue weighted by Crippen LogP contribution is -2.40. The zero-order valence-electron chi connectivity index (χ0n) is 11.0. The van der Waals surface area contributed by atoms with E-state index < -0.39 is 5.92 Å². The third-order valence-corrected chi connectivity index (χ3v) is 4.13. The molecule has 0 fully saturated rings. The number of halogens is 1. The van der Waals surface area contributed by atoms with E-state index in [0.29, 0.717) is 10.7 Å². The number of anilines is 2. The van der Waals surface area contributed by atoms with E-state index in [-0.39, 0.29) is 18.4 Å². The second kappa shape index (κ2) is 4.33. The van der Waals surface area contributed by atoms with Crippen LogP contribution in [0.2, 0.25) is 5.02 Å². The number of hydrogen-bond acceptors (Lipinski definition) is 2. The van der Waals surface area contributed by atoms with Gasteiger partial charge < -0.3 is 5.32 Å². The quantitative estimate of drug-likeness (QED) is 0.880. The Kier molecular flexibility index (Phi) is 2.56. The van der Waals surface area contributed by atoms with Gasteiger partial charge in [-0.2, -0.15) is 0 Å². The molecule has 4 nitrogen and oxygen atoms in total. The molecule has 0 saturated heterocycles. The molecule has 4 rings (SSSR count). The average Bonchev–Trinajstić information content (AvgIpc) is 2.73. The zero-order valence-corrected chi connectivity index (χ0v) is 11.7. The summed E-state index contributed by atoms with van der Waals surface area (Å²) in [6.45, 7) is 0.0593. The predicted molar refractivity (Wildman–Crippen MR) is 80.7 cm³/mol. The molecule has 2 aromatic rings. The van der Waals surface area contributed by atoms with Crippen molar-refractivity contribution in [1.82, 2.24) is 0 Å². The Morgan fingerprint density at radius 3 is 2.67 bits per heavy atom. The number of amides is 2. The van der Waals surface area contributed by atoms with Gasteiger partial charge >= 0.3 is 0 Å². The molecule has 104 valence electrons. The van der Waals surface area contributed by atoms with E-state index in [4.69, 9.17) is 11.6 Å². The van der Waals surface area contributed by atoms with Crippen molar-refractivity contribution in [2.24, 2.45) is 0 Å². The molecule has 0 radical (unpaired) electrons. The third kappa shape index (κ3) is 1.76. The molecule has 0 aliphatic carbocycles. The van der Waals surface area contributed by atoms with Gasteiger partial charge in [0.1, 0.15) is 6.54 Å². The van der Waals surface area contributed by atoms with Crippen LogP contribution in [0.25, 0.3) is 0 Å². The predicted octanol–water partition coefficient (Wildman–Crippen LogP) is 2.77. The third-order valence-electron chi connectivity index (χ3n) is 3.91. The van der Waals surface area contributed by atoms with Gasteiger partial charge in [0.25, 0.3) is 0 Å². The SMILES string of the molecule is O=C1CN2C(=O)C(c3ccccc3)c3cc(Cl)cc(c32)N1. The van der Waals surface area contributed by atoms with Crippen molar-refractivity contribution in [2.75, 3.05) is 16.8 Å². The van der Waals surface area contributed by atoms with Crippen molar-refractivity contribution in [1.29, 1.82) is 0 Å². The molecule has 2 aromatic carbocycles. The fourth-order valence-electron chi connectivity index (χ4n) is 3.09. The van der Waals surface area contributed by atoms with Gasteiger partial charge in [-0.15, -0.1) is 0 Å². The number of nitrogens with zero attached hydrogens (tertiary/aromatic N) is 1. The Labute approximate surface area is 126 Å². The lowest BCUT2D eigenvalue weighted by molar-refractivity contribution is -0.121. The topological polar surface area (TPSA) is 49.4 Å². The fraction of sp³-hybridized carbons (Fsp3) is 0.125. The summed E-state index contributed by atoms with van der Waals surface area (Å²) in [5.74, 6) is -0.668. The zero-order chi connectivity index (χ0) is 14.6. The molecule has 2 aliphatic rings. The Balaban J connectivity index is 1.96. The highest BCUT2D eigenvalue weighted by Gasteiger charge is 2.43. The standard InChI is InChI=1S/C16H11ClN2O2/c17-10-6-11-14(9-4-2-1-3-5-9)16(21)19-8-13(20)18-12(7-10)15(11)19/h1-7,14H,8H2,(H,18,20). The van der Waals surface area contributed by atoms with Crippen LogP contribution in [-0.4, -0.2) is 18.4 Å². The molecule has 2 amide bonds. The van der Waals surface area contributed by atoms with Crippen molar-refractivity contribution in [2.45, 2.75) is 5.92 Å². The summed E-state index contributed by atoms with van der Waals surface area (Å²) in [7, 11) is 0. The number of rotatable bonds is 1. The molecule has 21 heavy (non-hydrogen) atoms. The number of carbonyl (C=O) groups excluding carboxylic acids is 2. The molecule has 1 atom stereocenters. The molecule has 5 heteroatoms. The van der Waals surface area contributed by atoms with Crippen molar-refractivity contribution >= 4 is 34.8 Å². The highest BCUT2D eigenvalue weighted by molar-refractivity contribution is 6.32. The molecule has 1 unspecified atom stereocenters. The van der Waals surface area contributed by atoms with Crippen LogP contribution in [0.5, 0.6) is 0 Å². The Morgan fingerprint density at radius 1 is 1.14 bits per heavy atom. The smallest absolute Gasteiger partial charge is 0.244 e. The first-order valence-corrected chi connectivity index (χ1v) is 7.02. The minimum Gasteiger partial charge on any atom is -0.323 e. The molecule has 2 aliphatic heterocycles. The van der Waals surface area contributed by atoms with Gasteiger partial charge in [0.05, 0.1) is 17.3 Å². The van der Waals surface area contributed by atoms with Gasteiger partial charge in [0.15, 0.2) is 0 Å². The fourth-order valence-corrected chi connectivity index (χ4v) is 3.32. The first-order chi connectivity index (χ1) is 10.1. The maximum Gasteiger partial charge on any atom is 0.244 e. The summed E-state index contributed by atoms with van der Waals surface area (Å²) in [6, 6.07) is 13.1. The molecule has 2 heterocycles. The van der Waals surface area contributed by atoms with Crippen LogP contribution in [0.15, 0.2) is 42.5 Å². The number of benzene rings is 2. The van der Waals surface area contributed by atoms with Crippen LogP contribution in [0, 0.1) is 0 Å². The van der Waals surface area contributed by atoms with Crippen molar-refractivity contribution in [3.05, 3.63) is 58.6 Å². The Bertz CT molecular complexity index is 773. The Hall–Kier alpha value is -2.33. The van der Waals surface area contributed by atoms with E-state index in [1.165, 1.54) is 0 Å². The summed E-state index contributed by atoms with van der Waals surface area (Å²) in [5.41, 5.74) is 3.15. The number of nitrogens with one attached hydrogen (secondary N) is 1. The van der Waals surface area contributed by atoms with Crippen LogP contribution in [0.4, 0.5) is 11.4 Å². The first-order valence-electron chi connectivity index (χ1n) is 6.65. The maximum atomic E-state index is 12.7. The van der Waals surface area contributed by atoms with Crippen LogP contribution in [0.3, 0.4) is 0 Å². The molecule has 0 spiro atoms. The Morgan fingerprint density at radius 2 is 1.90 bits per heavy atom. The van der Waals surface area contributed by atoms with Crippen LogP contribution >= 0.6 is 11.6 Å². The largest absolute Gasteiger partial charge is 0.323 e. The highest BCUT2D eigenvalue weighted by Crippen LogP contribution is 2.48. The lowest BCUT2D eigenvalue weighted by Gasteiger charge is -2.25. The molecule has 0 saturated carbocycles. The van der Waals surface area contributed by atoms with E-state index in [1.54, 1.807) is 11.0 Å². The molecule has 1 N–H and O–H groups in total. The molecule has 0 aromatic heterocycles. The van der Waals surface area contributed by atoms with Gasteiger partial charge in [0, 0.05) is 5.02 Å². The first kappa shape index (κ1) is 12.4. The van der Waals surface area contributed by atoms with E-state index in [0.717, 1.165) is 16.8 Å². The molecular formula is C16H11ClN2O2. The maximum absolute atomic E-state index is 12.7. The highest BCUT2D eigenvalue weighted by atomic mass is 35.5. The van der Waals surface area contributed by atoms with Crippen molar-refractivity contribution < 1.29 is 9.59 Å². The van der Waals surface area contributed by atoms with E-state index >= 15 is 0 Å². The summed E-state index contributed by atoms with van der Waals surface area (Å²) in [6.07, 6.45) is 0.